The number of para-hydroxylation sites is 1. The Labute approximate surface area is 148 Å². The van der Waals surface area contributed by atoms with Crippen LogP contribution in [0.5, 0.6) is 0 Å². The molecule has 0 saturated heterocycles. The first kappa shape index (κ1) is 17.8. The van der Waals surface area contributed by atoms with Crippen molar-refractivity contribution in [3.63, 3.8) is 0 Å². The van der Waals surface area contributed by atoms with Crippen LogP contribution < -0.4 is 10.3 Å². The van der Waals surface area contributed by atoms with Crippen molar-refractivity contribution in [1.29, 1.82) is 0 Å². The Balaban J connectivity index is 1.83. The van der Waals surface area contributed by atoms with E-state index >= 15 is 0 Å². The van der Waals surface area contributed by atoms with Gasteiger partial charge in [-0.15, -0.1) is 4.83 Å². The number of rotatable bonds is 5. The Morgan fingerprint density at radius 3 is 2.38 bits per heavy atom. The predicted octanol–water partition coefficient (Wildman–Crippen LogP) is 2.38. The first-order valence-electron chi connectivity index (χ1n) is 7.38. The van der Waals surface area contributed by atoms with Crippen LogP contribution >= 0.6 is 0 Å². The minimum absolute atomic E-state index is 0.186. The minimum Gasteiger partial charge on any atom is -0.323 e. The molecule has 2 N–H and O–H groups in total. The zero-order chi connectivity index (χ0) is 18.7. The topological polar surface area (TPSA) is 80.2 Å². The summed E-state index contributed by atoms with van der Waals surface area (Å²) in [5.41, 5.74) is 2.71. The fourth-order valence-corrected chi connectivity index (χ4v) is 3.23. The van der Waals surface area contributed by atoms with Crippen molar-refractivity contribution >= 4 is 15.9 Å². The number of sulfonamides is 1. The summed E-state index contributed by atoms with van der Waals surface area (Å²) in [5.74, 6) is -2.81. The number of benzene rings is 2. The molecule has 1 amide bonds. The molecule has 3 rings (SSSR count). The maximum absolute atomic E-state index is 13.7. The van der Waals surface area contributed by atoms with Gasteiger partial charge in [0.1, 0.15) is 16.5 Å². The molecule has 0 atom stereocenters. The number of aromatic nitrogens is 1. The van der Waals surface area contributed by atoms with E-state index in [9.17, 15) is 22.0 Å². The van der Waals surface area contributed by atoms with E-state index in [0.717, 1.165) is 6.07 Å². The van der Waals surface area contributed by atoms with E-state index in [4.69, 9.17) is 0 Å². The Morgan fingerprint density at radius 1 is 0.962 bits per heavy atom. The molecule has 0 saturated carbocycles. The minimum atomic E-state index is -4.49. The lowest BCUT2D eigenvalue weighted by molar-refractivity contribution is 0.0945. The number of carbonyl (C=O) groups is 1. The molecule has 1 aromatic heterocycles. The molecule has 0 unspecified atom stereocenters. The average Bonchev–Trinajstić information content (AvgIpc) is 3.16. The molecule has 0 bridgehead atoms. The van der Waals surface area contributed by atoms with E-state index in [2.05, 4.69) is 0 Å². The van der Waals surface area contributed by atoms with Gasteiger partial charge in [0.2, 0.25) is 0 Å². The number of nitrogens with zero attached hydrogens (tertiary/aromatic N) is 1. The highest BCUT2D eigenvalue weighted by molar-refractivity contribution is 7.89. The zero-order valence-corrected chi connectivity index (χ0v) is 14.0. The van der Waals surface area contributed by atoms with Crippen molar-refractivity contribution in [3.05, 3.63) is 84.2 Å². The molecule has 3 aromatic rings. The van der Waals surface area contributed by atoms with Gasteiger partial charge in [0, 0.05) is 12.4 Å². The van der Waals surface area contributed by atoms with Gasteiger partial charge in [0.25, 0.3) is 15.9 Å². The predicted molar refractivity (Wildman–Crippen MR) is 89.9 cm³/mol. The first-order chi connectivity index (χ1) is 12.4. The van der Waals surface area contributed by atoms with E-state index in [-0.39, 0.29) is 5.56 Å². The highest BCUT2D eigenvalue weighted by Crippen LogP contribution is 2.16. The average molecular weight is 377 g/mol. The Bertz CT molecular complexity index is 1050. The van der Waals surface area contributed by atoms with E-state index in [1.165, 1.54) is 6.07 Å². The highest BCUT2D eigenvalue weighted by Gasteiger charge is 2.21. The Morgan fingerprint density at radius 2 is 1.65 bits per heavy atom. The second-order valence-electron chi connectivity index (χ2n) is 5.24. The smallest absolute Gasteiger partial charge is 0.268 e. The number of carbonyl (C=O) groups excluding carboxylic acids is 1. The Hall–Kier alpha value is -3.04. The van der Waals surface area contributed by atoms with E-state index in [1.807, 2.05) is 5.43 Å². The van der Waals surface area contributed by atoms with Crippen LogP contribution in [-0.4, -0.2) is 18.9 Å². The van der Waals surface area contributed by atoms with Crippen LogP contribution in [0.15, 0.2) is 71.9 Å². The third-order valence-electron chi connectivity index (χ3n) is 3.51. The van der Waals surface area contributed by atoms with Crippen LogP contribution in [-0.2, 0) is 10.0 Å². The molecular weight excluding hydrogens is 364 g/mol. The van der Waals surface area contributed by atoms with Gasteiger partial charge >= 0.3 is 0 Å². The van der Waals surface area contributed by atoms with Crippen LogP contribution in [0.3, 0.4) is 0 Å². The zero-order valence-electron chi connectivity index (χ0n) is 13.2. The Kier molecular flexibility index (Phi) is 4.83. The second kappa shape index (κ2) is 7.06. The molecule has 9 heteroatoms. The van der Waals surface area contributed by atoms with Gasteiger partial charge in [-0.05, 0) is 42.5 Å². The highest BCUT2D eigenvalue weighted by atomic mass is 32.2. The summed E-state index contributed by atoms with van der Waals surface area (Å²) in [4.78, 5) is 13.2. The quantitative estimate of drug-likeness (QED) is 0.670. The molecule has 0 spiro atoms. The lowest BCUT2D eigenvalue weighted by Crippen LogP contribution is -2.42. The fourth-order valence-electron chi connectivity index (χ4n) is 2.30. The molecular formula is C17H13F2N3O3S. The summed E-state index contributed by atoms with van der Waals surface area (Å²) in [6.45, 7) is 0. The van der Waals surface area contributed by atoms with Gasteiger partial charge < -0.3 is 4.57 Å². The van der Waals surface area contributed by atoms with Crippen molar-refractivity contribution in [2.24, 2.45) is 0 Å². The molecule has 1 heterocycles. The largest absolute Gasteiger partial charge is 0.323 e. The van der Waals surface area contributed by atoms with Gasteiger partial charge in [-0.3, -0.25) is 10.2 Å². The molecule has 26 heavy (non-hydrogen) atoms. The first-order valence-corrected chi connectivity index (χ1v) is 8.86. The number of amides is 1. The van der Waals surface area contributed by atoms with Gasteiger partial charge in [-0.25, -0.2) is 17.2 Å². The second-order valence-corrected chi connectivity index (χ2v) is 6.89. The van der Waals surface area contributed by atoms with Gasteiger partial charge in [0.05, 0.1) is 11.3 Å². The monoisotopic (exact) mass is 377 g/mol. The standard InChI is InChI=1S/C17H13F2N3O3S/c18-12-7-8-14(19)16(11-12)26(24,25)21-20-17(23)13-5-1-2-6-15(13)22-9-3-4-10-22/h1-11,21H,(H,20,23). The number of hydrazine groups is 1. The molecule has 6 nitrogen and oxygen atoms in total. The van der Waals surface area contributed by atoms with E-state index < -0.39 is 32.5 Å². The summed E-state index contributed by atoms with van der Waals surface area (Å²) in [6.07, 6.45) is 3.44. The molecule has 134 valence electrons. The van der Waals surface area contributed by atoms with Gasteiger partial charge in [-0.2, -0.15) is 0 Å². The lowest BCUT2D eigenvalue weighted by atomic mass is 10.1. The number of hydrogen-bond donors (Lipinski definition) is 2. The summed E-state index contributed by atoms with van der Waals surface area (Å²) in [7, 11) is -4.49. The van der Waals surface area contributed by atoms with Crippen molar-refractivity contribution in [2.75, 3.05) is 0 Å². The molecule has 0 aliphatic rings. The maximum atomic E-state index is 13.7. The van der Waals surface area contributed by atoms with Gasteiger partial charge in [-0.1, -0.05) is 12.1 Å². The van der Waals surface area contributed by atoms with Crippen LogP contribution in [0, 0.1) is 11.6 Å². The van der Waals surface area contributed by atoms with Crippen LogP contribution in [0.25, 0.3) is 5.69 Å². The normalized spacial score (nSPS) is 11.3. The number of nitrogens with one attached hydrogen (secondary N) is 2. The summed E-state index contributed by atoms with van der Waals surface area (Å²) in [6, 6.07) is 12.1. The maximum Gasteiger partial charge on any atom is 0.268 e. The number of halogens is 2. The van der Waals surface area contributed by atoms with E-state index in [1.54, 1.807) is 52.1 Å². The molecule has 0 aliphatic carbocycles. The SMILES string of the molecule is O=C(NNS(=O)(=O)c1cc(F)ccc1F)c1ccccc1-n1cccc1. The third-order valence-corrected chi connectivity index (χ3v) is 4.78. The summed E-state index contributed by atoms with van der Waals surface area (Å²) < 4.78 is 52.8. The van der Waals surface area contributed by atoms with Crippen LogP contribution in [0.2, 0.25) is 0 Å². The fraction of sp³-hybridized carbons (Fsp3) is 0. The molecule has 0 aliphatic heterocycles. The summed E-state index contributed by atoms with van der Waals surface area (Å²) in [5, 5.41) is 0. The van der Waals surface area contributed by atoms with Crippen molar-refractivity contribution < 1.29 is 22.0 Å². The molecule has 0 radical (unpaired) electrons. The van der Waals surface area contributed by atoms with E-state index in [0.29, 0.717) is 17.8 Å². The van der Waals surface area contributed by atoms with Crippen molar-refractivity contribution in [1.82, 2.24) is 14.8 Å². The third kappa shape index (κ3) is 3.63. The lowest BCUT2D eigenvalue weighted by Gasteiger charge is -2.12. The van der Waals surface area contributed by atoms with Gasteiger partial charge in [0.15, 0.2) is 0 Å². The summed E-state index contributed by atoms with van der Waals surface area (Å²) >= 11 is 0. The molecule has 2 aromatic carbocycles. The van der Waals surface area contributed by atoms with Crippen molar-refractivity contribution in [2.45, 2.75) is 4.90 Å². The van der Waals surface area contributed by atoms with Crippen LogP contribution in [0.4, 0.5) is 8.78 Å². The number of hydrogen-bond acceptors (Lipinski definition) is 3. The van der Waals surface area contributed by atoms with Crippen molar-refractivity contribution in [3.8, 4) is 5.69 Å². The van der Waals surface area contributed by atoms with Crippen LogP contribution in [0.1, 0.15) is 10.4 Å². The molecule has 0 fully saturated rings.